The number of benzene rings is 2. The molecule has 0 radical (unpaired) electrons. The van der Waals surface area contributed by atoms with Gasteiger partial charge in [-0.15, -0.1) is 0 Å². The summed E-state index contributed by atoms with van der Waals surface area (Å²) < 4.78 is 23.0. The molecule has 2 aromatic carbocycles. The predicted molar refractivity (Wildman–Crippen MR) is 91.4 cm³/mol. The summed E-state index contributed by atoms with van der Waals surface area (Å²) in [4.78, 5) is 10.8. The minimum atomic E-state index is -3.31. The highest BCUT2D eigenvalue weighted by Gasteiger charge is 2.18. The van der Waals surface area contributed by atoms with E-state index in [0.717, 1.165) is 6.26 Å². The number of hydrogen-bond acceptors (Lipinski definition) is 3. The molecule has 4 nitrogen and oxygen atoms in total. The number of hydrogen-bond donors (Lipinski definition) is 1. The Morgan fingerprint density at radius 3 is 2.00 bits per heavy atom. The molecular formula is C18H22O4S. The minimum Gasteiger partial charge on any atom is -0.481 e. The van der Waals surface area contributed by atoms with Gasteiger partial charge in [-0.2, -0.15) is 0 Å². The zero-order valence-corrected chi connectivity index (χ0v) is 14.4. The summed E-state index contributed by atoms with van der Waals surface area (Å²) in [6.07, 6.45) is 1.05. The van der Waals surface area contributed by atoms with Crippen LogP contribution in [0.25, 0.3) is 0 Å². The van der Waals surface area contributed by atoms with E-state index >= 15 is 0 Å². The lowest BCUT2D eigenvalue weighted by molar-refractivity contribution is -0.137. The molecule has 0 bridgehead atoms. The lowest BCUT2D eigenvalue weighted by atomic mass is 9.98. The number of carboxylic acid groups (broad SMARTS) is 1. The van der Waals surface area contributed by atoms with Crippen LogP contribution in [0.1, 0.15) is 30.4 Å². The maximum atomic E-state index is 11.5. The van der Waals surface area contributed by atoms with Crippen molar-refractivity contribution in [1.29, 1.82) is 0 Å². The molecule has 0 aliphatic rings. The zero-order valence-electron chi connectivity index (χ0n) is 13.6. The summed E-state index contributed by atoms with van der Waals surface area (Å²) in [5.74, 6) is -1.25. The molecule has 0 aliphatic heterocycles. The van der Waals surface area contributed by atoms with E-state index in [-0.39, 0.29) is 17.2 Å². The molecule has 0 aromatic heterocycles. The Bertz CT molecular complexity index is 737. The number of aryl methyl sites for hydroxylation is 1. The number of carbonyl (C=O) groups is 1. The second-order valence-corrected chi connectivity index (χ2v) is 7.45. The van der Waals surface area contributed by atoms with E-state index in [1.807, 2.05) is 18.2 Å². The van der Waals surface area contributed by atoms with Gasteiger partial charge in [0, 0.05) is 6.26 Å². The summed E-state index contributed by atoms with van der Waals surface area (Å²) in [6, 6.07) is 16.8. The highest BCUT2D eigenvalue weighted by molar-refractivity contribution is 7.90. The highest BCUT2D eigenvalue weighted by Crippen LogP contribution is 2.26. The normalized spacial score (nSPS) is 12.0. The third kappa shape index (κ3) is 6.65. The van der Waals surface area contributed by atoms with Crippen molar-refractivity contribution in [3.8, 4) is 0 Å². The number of aliphatic carboxylic acids is 1. The van der Waals surface area contributed by atoms with Crippen molar-refractivity contribution in [2.45, 2.75) is 31.1 Å². The van der Waals surface area contributed by atoms with Gasteiger partial charge in [-0.3, -0.25) is 4.79 Å². The summed E-state index contributed by atoms with van der Waals surface area (Å²) in [7, 11) is -3.31. The van der Waals surface area contributed by atoms with E-state index in [4.69, 9.17) is 5.11 Å². The monoisotopic (exact) mass is 334 g/mol. The molecule has 1 N–H and O–H groups in total. The third-order valence-electron chi connectivity index (χ3n) is 3.27. The first-order valence-electron chi connectivity index (χ1n) is 7.24. The Balaban J connectivity index is 0.000000313. The second-order valence-electron chi connectivity index (χ2n) is 5.46. The van der Waals surface area contributed by atoms with Crippen LogP contribution in [-0.4, -0.2) is 25.7 Å². The summed E-state index contributed by atoms with van der Waals surface area (Å²) in [5.41, 5.74) is 1.88. The average Bonchev–Trinajstić information content (AvgIpc) is 2.47. The van der Waals surface area contributed by atoms with Gasteiger partial charge in [-0.05, 0) is 24.5 Å². The van der Waals surface area contributed by atoms with Gasteiger partial charge in [-0.1, -0.05) is 61.0 Å². The number of rotatable bonds is 4. The summed E-state index contributed by atoms with van der Waals surface area (Å²) >= 11 is 0. The highest BCUT2D eigenvalue weighted by atomic mass is 32.2. The molecule has 0 heterocycles. The van der Waals surface area contributed by atoms with Crippen LogP contribution < -0.4 is 0 Å². The Morgan fingerprint density at radius 2 is 1.57 bits per heavy atom. The molecule has 0 aliphatic carbocycles. The molecule has 2 aromatic rings. The molecule has 23 heavy (non-hydrogen) atoms. The van der Waals surface area contributed by atoms with Crippen molar-refractivity contribution < 1.29 is 18.3 Å². The molecule has 0 saturated heterocycles. The topological polar surface area (TPSA) is 71.4 Å². The molecule has 124 valence electrons. The SMILES string of the molecule is CC(CC(=O)O)c1ccccc1S(C)(=O)=O.Cc1ccccc1. The van der Waals surface area contributed by atoms with E-state index in [1.165, 1.54) is 11.6 Å². The quantitative estimate of drug-likeness (QED) is 0.926. The number of carboxylic acids is 1. The smallest absolute Gasteiger partial charge is 0.303 e. The fourth-order valence-corrected chi connectivity index (χ4v) is 3.15. The lowest BCUT2D eigenvalue weighted by Crippen LogP contribution is -2.08. The van der Waals surface area contributed by atoms with Gasteiger partial charge in [0.2, 0.25) is 0 Å². The number of sulfone groups is 1. The molecule has 1 unspecified atom stereocenters. The maximum Gasteiger partial charge on any atom is 0.303 e. The van der Waals surface area contributed by atoms with E-state index in [0.29, 0.717) is 5.56 Å². The Morgan fingerprint density at radius 1 is 1.04 bits per heavy atom. The van der Waals surface area contributed by atoms with Crippen LogP contribution in [0, 0.1) is 6.92 Å². The maximum absolute atomic E-state index is 11.5. The van der Waals surface area contributed by atoms with E-state index in [9.17, 15) is 13.2 Å². The van der Waals surface area contributed by atoms with Gasteiger partial charge >= 0.3 is 5.97 Å². The van der Waals surface area contributed by atoms with Crippen molar-refractivity contribution in [2.75, 3.05) is 6.26 Å². The van der Waals surface area contributed by atoms with Crippen LogP contribution in [0.15, 0.2) is 59.5 Å². The standard InChI is InChI=1S/C11H14O4S.C7H8/c1-8(7-11(12)13)9-5-3-4-6-10(9)16(2,14)15;1-7-5-3-2-4-6-7/h3-6,8H,7H2,1-2H3,(H,12,13);2-6H,1H3. The molecule has 0 fully saturated rings. The zero-order chi connectivity index (χ0) is 17.5. The van der Waals surface area contributed by atoms with Gasteiger partial charge in [0.15, 0.2) is 9.84 Å². The second kappa shape index (κ2) is 8.48. The first-order valence-corrected chi connectivity index (χ1v) is 9.13. The molecule has 0 saturated carbocycles. The Hall–Kier alpha value is -2.14. The van der Waals surface area contributed by atoms with Crippen molar-refractivity contribution in [3.05, 3.63) is 65.7 Å². The summed E-state index contributed by atoms with van der Waals surface area (Å²) in [5, 5.41) is 8.69. The molecule has 5 heteroatoms. The summed E-state index contributed by atoms with van der Waals surface area (Å²) in [6.45, 7) is 3.79. The fourth-order valence-electron chi connectivity index (χ4n) is 2.13. The third-order valence-corrected chi connectivity index (χ3v) is 4.44. The van der Waals surface area contributed by atoms with Crippen molar-refractivity contribution in [3.63, 3.8) is 0 Å². The van der Waals surface area contributed by atoms with E-state index < -0.39 is 15.8 Å². The van der Waals surface area contributed by atoms with Gasteiger partial charge in [0.1, 0.15) is 0 Å². The van der Waals surface area contributed by atoms with Gasteiger partial charge < -0.3 is 5.11 Å². The largest absolute Gasteiger partial charge is 0.481 e. The molecular weight excluding hydrogens is 312 g/mol. The lowest BCUT2D eigenvalue weighted by Gasteiger charge is -2.13. The van der Waals surface area contributed by atoms with Crippen molar-refractivity contribution in [2.24, 2.45) is 0 Å². The van der Waals surface area contributed by atoms with E-state index in [1.54, 1.807) is 25.1 Å². The average molecular weight is 334 g/mol. The van der Waals surface area contributed by atoms with Crippen LogP contribution in [0.5, 0.6) is 0 Å². The van der Waals surface area contributed by atoms with Crippen LogP contribution in [0.3, 0.4) is 0 Å². The molecule has 0 amide bonds. The fraction of sp³-hybridized carbons (Fsp3) is 0.278. The van der Waals surface area contributed by atoms with Crippen LogP contribution in [0.4, 0.5) is 0 Å². The Labute approximate surface area is 137 Å². The van der Waals surface area contributed by atoms with Gasteiger partial charge in [0.25, 0.3) is 0 Å². The van der Waals surface area contributed by atoms with Crippen molar-refractivity contribution in [1.82, 2.24) is 0 Å². The van der Waals surface area contributed by atoms with Crippen molar-refractivity contribution >= 4 is 15.8 Å². The minimum absolute atomic E-state index is 0.0769. The molecule has 2 rings (SSSR count). The van der Waals surface area contributed by atoms with Crippen LogP contribution >= 0.6 is 0 Å². The Kier molecular flexibility index (Phi) is 6.97. The van der Waals surface area contributed by atoms with Crippen LogP contribution in [0.2, 0.25) is 0 Å². The predicted octanol–water partition coefficient (Wildman–Crippen LogP) is 3.66. The van der Waals surface area contributed by atoms with E-state index in [2.05, 4.69) is 19.1 Å². The first kappa shape index (κ1) is 18.9. The molecule has 0 spiro atoms. The van der Waals surface area contributed by atoms with Gasteiger partial charge in [-0.25, -0.2) is 8.42 Å². The van der Waals surface area contributed by atoms with Gasteiger partial charge in [0.05, 0.1) is 11.3 Å². The first-order chi connectivity index (χ1) is 10.7. The van der Waals surface area contributed by atoms with Crippen LogP contribution in [-0.2, 0) is 14.6 Å². The molecule has 1 atom stereocenters.